The number of ketones is 3. The molecule has 0 bridgehead atoms. The Morgan fingerprint density at radius 2 is 1.67 bits per heavy atom. The fraction of sp³-hybridized carbons (Fsp3) is 0.211. The normalized spacial score (nSPS) is 12.7. The van der Waals surface area contributed by atoms with E-state index in [1.807, 2.05) is 0 Å². The van der Waals surface area contributed by atoms with Crippen molar-refractivity contribution >= 4 is 17.3 Å². The minimum atomic E-state index is -0.577. The van der Waals surface area contributed by atoms with Gasteiger partial charge in [-0.1, -0.05) is 19.1 Å². The molecule has 122 valence electrons. The zero-order valence-corrected chi connectivity index (χ0v) is 13.1. The number of benzene rings is 2. The molecule has 0 unspecified atom stereocenters. The third kappa shape index (κ3) is 2.48. The molecule has 1 aliphatic rings. The molecule has 0 heterocycles. The van der Waals surface area contributed by atoms with Crippen LogP contribution in [0.4, 0.5) is 0 Å². The minimum absolute atomic E-state index is 0.0841. The smallest absolute Gasteiger partial charge is 0.201 e. The minimum Gasteiger partial charge on any atom is -0.507 e. The third-order valence-electron chi connectivity index (χ3n) is 4.25. The largest absolute Gasteiger partial charge is 0.507 e. The third-order valence-corrected chi connectivity index (χ3v) is 4.25. The summed E-state index contributed by atoms with van der Waals surface area (Å²) in [5.74, 6) is -1.50. The number of hydrogen-bond acceptors (Lipinski definition) is 5. The number of aryl methyl sites for hydroxylation is 1. The molecule has 5 nitrogen and oxygen atoms in total. The van der Waals surface area contributed by atoms with Crippen LogP contribution in [0.1, 0.15) is 57.2 Å². The van der Waals surface area contributed by atoms with E-state index in [2.05, 4.69) is 0 Å². The Morgan fingerprint density at radius 1 is 0.958 bits per heavy atom. The fourth-order valence-electron chi connectivity index (χ4n) is 2.95. The van der Waals surface area contributed by atoms with Crippen molar-refractivity contribution < 1.29 is 24.6 Å². The lowest BCUT2D eigenvalue weighted by atomic mass is 9.82. The van der Waals surface area contributed by atoms with E-state index < -0.39 is 11.6 Å². The van der Waals surface area contributed by atoms with E-state index in [0.29, 0.717) is 24.8 Å². The summed E-state index contributed by atoms with van der Waals surface area (Å²) in [6.07, 6.45) is 1.14. The average Bonchev–Trinajstić information content (AvgIpc) is 2.56. The number of fused-ring (bicyclic) bond motifs is 2. The Hall–Kier alpha value is -2.95. The Balaban J connectivity index is 2.08. The lowest BCUT2D eigenvalue weighted by molar-refractivity contribution is -0.118. The van der Waals surface area contributed by atoms with Crippen LogP contribution >= 0.6 is 0 Å². The molecule has 2 aromatic rings. The van der Waals surface area contributed by atoms with Gasteiger partial charge >= 0.3 is 0 Å². The van der Waals surface area contributed by atoms with Crippen LogP contribution in [0, 0.1) is 0 Å². The summed E-state index contributed by atoms with van der Waals surface area (Å²) in [7, 11) is 0. The van der Waals surface area contributed by atoms with Gasteiger partial charge in [0.05, 0.1) is 11.1 Å². The second-order valence-corrected chi connectivity index (χ2v) is 5.79. The predicted octanol–water partition coefficient (Wildman–Crippen LogP) is 2.78. The van der Waals surface area contributed by atoms with Crippen LogP contribution in [0.2, 0.25) is 0 Å². The molecule has 0 atom stereocenters. The van der Waals surface area contributed by atoms with Gasteiger partial charge in [0.25, 0.3) is 0 Å². The maximum absolute atomic E-state index is 12.7. The molecule has 0 spiro atoms. The zero-order chi connectivity index (χ0) is 17.4. The summed E-state index contributed by atoms with van der Waals surface area (Å²) in [5, 5.41) is 20.1. The molecular weight excluding hydrogens is 308 g/mol. The molecule has 1 aliphatic carbocycles. The first-order valence-electron chi connectivity index (χ1n) is 7.73. The SMILES string of the molecule is CCC(=O)CCc1cc(O)c2c(c1)C(=O)c1cccc(O)c1C2=O. The molecule has 0 aliphatic heterocycles. The molecule has 0 fully saturated rings. The molecule has 0 aromatic heterocycles. The van der Waals surface area contributed by atoms with Crippen molar-refractivity contribution in [2.45, 2.75) is 26.2 Å². The summed E-state index contributed by atoms with van der Waals surface area (Å²) in [4.78, 5) is 36.7. The summed E-state index contributed by atoms with van der Waals surface area (Å²) in [5.41, 5.74) is 0.669. The molecule has 24 heavy (non-hydrogen) atoms. The summed E-state index contributed by atoms with van der Waals surface area (Å²) in [6.45, 7) is 1.78. The summed E-state index contributed by atoms with van der Waals surface area (Å²) < 4.78 is 0. The van der Waals surface area contributed by atoms with Crippen LogP contribution in [0.15, 0.2) is 30.3 Å². The standard InChI is InChI=1S/C19H16O5/c1-2-11(20)7-6-10-8-13-17(15(22)9-10)19(24)16-12(18(13)23)4-3-5-14(16)21/h3-5,8-9,21-22H,2,6-7H2,1H3. The van der Waals surface area contributed by atoms with Gasteiger partial charge in [0.15, 0.2) is 5.78 Å². The van der Waals surface area contributed by atoms with Crippen LogP contribution in [-0.2, 0) is 11.2 Å². The van der Waals surface area contributed by atoms with Crippen molar-refractivity contribution in [2.24, 2.45) is 0 Å². The quantitative estimate of drug-likeness (QED) is 0.770. The monoisotopic (exact) mass is 324 g/mol. The van der Waals surface area contributed by atoms with Crippen molar-refractivity contribution in [1.29, 1.82) is 0 Å². The lowest BCUT2D eigenvalue weighted by Gasteiger charge is -2.20. The van der Waals surface area contributed by atoms with Crippen LogP contribution in [-0.4, -0.2) is 27.6 Å². The van der Waals surface area contributed by atoms with Crippen LogP contribution < -0.4 is 0 Å². The number of aromatic hydroxyl groups is 2. The summed E-state index contributed by atoms with van der Waals surface area (Å²) in [6, 6.07) is 7.25. The molecule has 0 amide bonds. The second-order valence-electron chi connectivity index (χ2n) is 5.79. The number of phenols is 2. The topological polar surface area (TPSA) is 91.7 Å². The van der Waals surface area contributed by atoms with Gasteiger partial charge in [-0.05, 0) is 30.2 Å². The Bertz CT molecular complexity index is 880. The van der Waals surface area contributed by atoms with Gasteiger partial charge in [-0.2, -0.15) is 0 Å². The zero-order valence-electron chi connectivity index (χ0n) is 13.1. The number of Topliss-reactive ketones (excluding diaryl/α,β-unsaturated/α-hetero) is 1. The van der Waals surface area contributed by atoms with E-state index in [1.165, 1.54) is 24.3 Å². The first-order valence-corrected chi connectivity index (χ1v) is 7.73. The van der Waals surface area contributed by atoms with E-state index in [9.17, 15) is 24.6 Å². The molecule has 0 saturated heterocycles. The fourth-order valence-corrected chi connectivity index (χ4v) is 2.95. The van der Waals surface area contributed by atoms with Crippen molar-refractivity contribution in [3.63, 3.8) is 0 Å². The van der Waals surface area contributed by atoms with Gasteiger partial charge in [-0.25, -0.2) is 0 Å². The van der Waals surface area contributed by atoms with E-state index in [0.717, 1.165) is 0 Å². The lowest BCUT2D eigenvalue weighted by Crippen LogP contribution is -2.21. The van der Waals surface area contributed by atoms with E-state index in [1.54, 1.807) is 13.0 Å². The highest BCUT2D eigenvalue weighted by Gasteiger charge is 2.34. The number of carbonyl (C=O) groups excluding carboxylic acids is 3. The van der Waals surface area contributed by atoms with Gasteiger partial charge in [0, 0.05) is 24.0 Å². The highest BCUT2D eigenvalue weighted by atomic mass is 16.3. The van der Waals surface area contributed by atoms with Crippen molar-refractivity contribution in [2.75, 3.05) is 0 Å². The molecule has 0 saturated carbocycles. The van der Waals surface area contributed by atoms with Gasteiger partial charge in [0.1, 0.15) is 17.3 Å². The van der Waals surface area contributed by atoms with Gasteiger partial charge in [0.2, 0.25) is 5.78 Å². The number of carbonyl (C=O) groups is 3. The summed E-state index contributed by atoms with van der Waals surface area (Å²) >= 11 is 0. The molecule has 2 N–H and O–H groups in total. The second kappa shape index (κ2) is 5.92. The number of hydrogen-bond donors (Lipinski definition) is 2. The molecule has 0 radical (unpaired) electrons. The molecule has 5 heteroatoms. The molecule has 2 aromatic carbocycles. The van der Waals surface area contributed by atoms with E-state index >= 15 is 0 Å². The Kier molecular flexibility index (Phi) is 3.93. The van der Waals surface area contributed by atoms with E-state index in [-0.39, 0.29) is 39.5 Å². The molecule has 3 rings (SSSR count). The highest BCUT2D eigenvalue weighted by molar-refractivity contribution is 6.30. The van der Waals surface area contributed by atoms with Crippen LogP contribution in [0.25, 0.3) is 0 Å². The Morgan fingerprint density at radius 3 is 2.38 bits per heavy atom. The first-order chi connectivity index (χ1) is 11.4. The van der Waals surface area contributed by atoms with Crippen molar-refractivity contribution in [3.05, 3.63) is 58.1 Å². The predicted molar refractivity (Wildman–Crippen MR) is 86.7 cm³/mol. The molecular formula is C19H16O5. The maximum atomic E-state index is 12.7. The van der Waals surface area contributed by atoms with E-state index in [4.69, 9.17) is 0 Å². The Labute approximate surface area is 138 Å². The average molecular weight is 324 g/mol. The van der Waals surface area contributed by atoms with Crippen LogP contribution in [0.5, 0.6) is 11.5 Å². The highest BCUT2D eigenvalue weighted by Crippen LogP contribution is 2.37. The first kappa shape index (κ1) is 15.9. The van der Waals surface area contributed by atoms with Gasteiger partial charge in [-0.15, -0.1) is 0 Å². The van der Waals surface area contributed by atoms with Gasteiger partial charge in [-0.3, -0.25) is 14.4 Å². The number of phenolic OH excluding ortho intramolecular Hbond substituents is 2. The van der Waals surface area contributed by atoms with Gasteiger partial charge < -0.3 is 10.2 Å². The maximum Gasteiger partial charge on any atom is 0.201 e. The van der Waals surface area contributed by atoms with Crippen LogP contribution in [0.3, 0.4) is 0 Å². The van der Waals surface area contributed by atoms with Crippen molar-refractivity contribution in [1.82, 2.24) is 0 Å². The van der Waals surface area contributed by atoms with Crippen molar-refractivity contribution in [3.8, 4) is 11.5 Å². The number of rotatable bonds is 4.